The first-order chi connectivity index (χ1) is 33.7. The fourth-order valence-corrected chi connectivity index (χ4v) is 9.66. The minimum atomic E-state index is 0.744. The van der Waals surface area contributed by atoms with Crippen LogP contribution in [0.3, 0.4) is 0 Å². The summed E-state index contributed by atoms with van der Waals surface area (Å²) in [5.41, 5.74) is 9.91. The van der Waals surface area contributed by atoms with E-state index in [1.54, 1.807) is 0 Å². The van der Waals surface area contributed by atoms with E-state index in [0.717, 1.165) is 108 Å². The maximum atomic E-state index is 6.11. The van der Waals surface area contributed by atoms with Gasteiger partial charge in [0.1, 0.15) is 0 Å². The Balaban J connectivity index is 1.24. The largest absolute Gasteiger partial charge is 0.380 e. The van der Waals surface area contributed by atoms with Gasteiger partial charge in [-0.3, -0.25) is 0 Å². The van der Waals surface area contributed by atoms with Crippen LogP contribution in [0.15, 0.2) is 95.8 Å². The number of unbranched alkanes of at least 4 members (excludes halogenated alkanes) is 22. The lowest BCUT2D eigenvalue weighted by molar-refractivity contribution is 0.114. The third kappa shape index (κ3) is 27.7. The van der Waals surface area contributed by atoms with Crippen molar-refractivity contribution in [1.82, 2.24) is 19.6 Å². The summed E-state index contributed by atoms with van der Waals surface area (Å²) >= 11 is 0. The number of hydrogen-bond acceptors (Lipinski definition) is 6. The molecule has 3 aliphatic rings. The van der Waals surface area contributed by atoms with Crippen molar-refractivity contribution in [2.24, 2.45) is 0 Å². The molecule has 0 saturated heterocycles. The molecule has 1 heterocycles. The summed E-state index contributed by atoms with van der Waals surface area (Å²) in [5.74, 6) is 7.06. The molecule has 3 rings (SSSR count). The Bertz CT molecular complexity index is 1640. The molecular formula is C63H106N4O2. The lowest BCUT2D eigenvalue weighted by atomic mass is 9.93. The van der Waals surface area contributed by atoms with Crippen LogP contribution >= 0.6 is 0 Å². The topological polar surface area (TPSA) is 31.4 Å². The van der Waals surface area contributed by atoms with Gasteiger partial charge in [-0.15, -0.1) is 0 Å². The predicted octanol–water partition coefficient (Wildman–Crippen LogP) is 16.8. The number of ether oxygens (including phenoxy) is 2. The zero-order valence-electron chi connectivity index (χ0n) is 45.7. The number of allylic oxidation sites excluding steroid dienone is 9. The molecule has 0 bridgehead atoms. The Labute approximate surface area is 427 Å². The zero-order valence-corrected chi connectivity index (χ0v) is 45.7. The maximum absolute atomic E-state index is 6.11. The molecule has 0 radical (unpaired) electrons. The summed E-state index contributed by atoms with van der Waals surface area (Å²) in [6.45, 7) is 30.3. The lowest BCUT2D eigenvalue weighted by Crippen LogP contribution is -2.28. The van der Waals surface area contributed by atoms with Crippen molar-refractivity contribution >= 4 is 0 Å². The van der Waals surface area contributed by atoms with Gasteiger partial charge in [-0.05, 0) is 95.6 Å². The van der Waals surface area contributed by atoms with Crippen molar-refractivity contribution in [2.45, 2.75) is 219 Å². The third-order valence-corrected chi connectivity index (χ3v) is 14.8. The van der Waals surface area contributed by atoms with Crippen LogP contribution in [0.25, 0.3) is 0 Å². The van der Waals surface area contributed by atoms with Gasteiger partial charge in [0, 0.05) is 94.0 Å². The van der Waals surface area contributed by atoms with Crippen LogP contribution in [-0.2, 0) is 9.47 Å². The van der Waals surface area contributed by atoms with Gasteiger partial charge in [-0.25, -0.2) is 0 Å². The van der Waals surface area contributed by atoms with E-state index < -0.39 is 0 Å². The number of hydrogen-bond donors (Lipinski definition) is 0. The molecule has 0 unspecified atom stereocenters. The highest BCUT2D eigenvalue weighted by Gasteiger charge is 2.22. The fourth-order valence-electron chi connectivity index (χ4n) is 9.66. The van der Waals surface area contributed by atoms with E-state index in [1.165, 1.54) is 202 Å². The standard InChI is InChI=1S/C63H106N4O2/c1-9-10-11-12-13-14-15-16-17-18-19-24-29-38-58(5)66(47-34-25-20-22-27-36-51-68-53-49-64(7)56(2)3)48-35-26-21-23-28-37-52-69-54-50-65(8)57(4)43-44-59(6)67-55-62-41-31-30-39-60(62)45-46-61-40-32-33-42-63(61)67/h31,33,41-42H,2,4-6,9-30,32,34-40,43-44,47-55H2,1,3,7-8H3. The van der Waals surface area contributed by atoms with Crippen LogP contribution in [0.4, 0.5) is 0 Å². The highest BCUT2D eigenvalue weighted by atomic mass is 16.5. The van der Waals surface area contributed by atoms with Gasteiger partial charge in [-0.1, -0.05) is 192 Å². The molecule has 0 spiro atoms. The van der Waals surface area contributed by atoms with E-state index in [2.05, 4.69) is 103 Å². The zero-order chi connectivity index (χ0) is 49.6. The van der Waals surface area contributed by atoms with Crippen LogP contribution in [-0.4, -0.2) is 92.8 Å². The third-order valence-electron chi connectivity index (χ3n) is 14.8. The predicted molar refractivity (Wildman–Crippen MR) is 301 cm³/mol. The van der Waals surface area contributed by atoms with Crippen molar-refractivity contribution in [2.75, 3.05) is 73.2 Å². The van der Waals surface area contributed by atoms with Crippen molar-refractivity contribution in [1.29, 1.82) is 0 Å². The highest BCUT2D eigenvalue weighted by molar-refractivity contribution is 5.52. The summed E-state index contributed by atoms with van der Waals surface area (Å²) in [7, 11) is 4.23. The van der Waals surface area contributed by atoms with Gasteiger partial charge in [0.15, 0.2) is 0 Å². The van der Waals surface area contributed by atoms with Crippen molar-refractivity contribution in [3.05, 3.63) is 95.8 Å². The van der Waals surface area contributed by atoms with E-state index in [4.69, 9.17) is 9.47 Å². The van der Waals surface area contributed by atoms with Crippen LogP contribution in [0.1, 0.15) is 219 Å². The number of nitrogens with zero attached hydrogens (tertiary/aromatic N) is 4. The van der Waals surface area contributed by atoms with E-state index in [-0.39, 0.29) is 0 Å². The summed E-state index contributed by atoms with van der Waals surface area (Å²) < 4.78 is 12.0. The molecule has 6 nitrogen and oxygen atoms in total. The van der Waals surface area contributed by atoms with Crippen molar-refractivity contribution < 1.29 is 9.47 Å². The molecule has 6 heteroatoms. The van der Waals surface area contributed by atoms with Gasteiger partial charge in [-0.2, -0.15) is 0 Å². The van der Waals surface area contributed by atoms with Gasteiger partial charge in [0.25, 0.3) is 0 Å². The van der Waals surface area contributed by atoms with Gasteiger partial charge in [0.2, 0.25) is 0 Å². The van der Waals surface area contributed by atoms with Gasteiger partial charge >= 0.3 is 0 Å². The van der Waals surface area contributed by atoms with Gasteiger partial charge < -0.3 is 29.1 Å². The Hall–Kier alpha value is -3.40. The van der Waals surface area contributed by atoms with Crippen LogP contribution in [0, 0.1) is 11.8 Å². The molecule has 69 heavy (non-hydrogen) atoms. The molecule has 0 aromatic rings. The molecule has 2 aliphatic carbocycles. The molecular weight excluding hydrogens is 845 g/mol. The lowest BCUT2D eigenvalue weighted by Gasteiger charge is -2.33. The van der Waals surface area contributed by atoms with E-state index in [0.29, 0.717) is 0 Å². The Morgan fingerprint density at radius 1 is 0.522 bits per heavy atom. The van der Waals surface area contributed by atoms with E-state index in [9.17, 15) is 0 Å². The van der Waals surface area contributed by atoms with Crippen molar-refractivity contribution in [3.63, 3.8) is 0 Å². The second-order valence-corrected chi connectivity index (χ2v) is 20.8. The SMILES string of the molecule is C=C(C)N(C)CCOCCCCCCCCN(CCCCCCCCOCCN(C)C(=C)CCC(=C)N1CC2=C(C#CC3=C1C=CCC3)CCC=C2)C(=C)CCCCCCCCCCCCCCC. The monoisotopic (exact) mass is 951 g/mol. The number of rotatable bonds is 45. The second-order valence-electron chi connectivity index (χ2n) is 20.8. The molecule has 0 atom stereocenters. The molecule has 390 valence electrons. The first kappa shape index (κ1) is 59.9. The first-order valence-electron chi connectivity index (χ1n) is 28.8. The van der Waals surface area contributed by atoms with Crippen LogP contribution in [0.2, 0.25) is 0 Å². The summed E-state index contributed by atoms with van der Waals surface area (Å²) in [6, 6.07) is 0. The molecule has 0 amide bonds. The highest BCUT2D eigenvalue weighted by Crippen LogP contribution is 2.32. The summed E-state index contributed by atoms with van der Waals surface area (Å²) in [6.07, 6.45) is 49.9. The average Bonchev–Trinajstić information content (AvgIpc) is 3.35. The average molecular weight is 952 g/mol. The quantitative estimate of drug-likeness (QED) is 0.0447. The molecule has 0 aromatic heterocycles. The second kappa shape index (κ2) is 39.2. The maximum Gasteiger partial charge on any atom is 0.0641 e. The summed E-state index contributed by atoms with van der Waals surface area (Å²) in [5, 5.41) is 0. The Kier molecular flexibility index (Phi) is 34.1. The molecule has 0 N–H and O–H groups in total. The normalized spacial score (nSPS) is 14.2. The molecule has 0 aromatic carbocycles. The van der Waals surface area contributed by atoms with E-state index in [1.807, 2.05) is 6.92 Å². The molecule has 1 aliphatic heterocycles. The van der Waals surface area contributed by atoms with Crippen LogP contribution < -0.4 is 0 Å². The minimum Gasteiger partial charge on any atom is -0.380 e. The minimum absolute atomic E-state index is 0.744. The first-order valence-corrected chi connectivity index (χ1v) is 28.8. The molecule has 0 fully saturated rings. The van der Waals surface area contributed by atoms with Crippen LogP contribution in [0.5, 0.6) is 0 Å². The summed E-state index contributed by atoms with van der Waals surface area (Å²) in [4.78, 5) is 9.52. The van der Waals surface area contributed by atoms with Crippen molar-refractivity contribution in [3.8, 4) is 11.8 Å². The Morgan fingerprint density at radius 3 is 1.57 bits per heavy atom. The smallest absolute Gasteiger partial charge is 0.0641 e. The fraction of sp³-hybridized carbons (Fsp3) is 0.714. The van der Waals surface area contributed by atoms with E-state index >= 15 is 0 Å². The number of likely N-dealkylation sites (N-methyl/N-ethyl adjacent to an activating group) is 2. The Morgan fingerprint density at radius 2 is 1.00 bits per heavy atom. The van der Waals surface area contributed by atoms with Gasteiger partial charge in [0.05, 0.1) is 18.9 Å². The molecule has 0 saturated carbocycles.